The lowest BCUT2D eigenvalue weighted by Crippen LogP contribution is -2.37. The van der Waals surface area contributed by atoms with Crippen molar-refractivity contribution in [1.82, 2.24) is 10.7 Å². The smallest absolute Gasteiger partial charge is 0.329 e. The average Bonchev–Trinajstić information content (AvgIpc) is 2.88. The van der Waals surface area contributed by atoms with Crippen LogP contribution in [0.3, 0.4) is 0 Å². The van der Waals surface area contributed by atoms with Crippen molar-refractivity contribution in [2.24, 2.45) is 5.10 Å². The van der Waals surface area contributed by atoms with Crippen LogP contribution in [-0.2, 0) is 27.3 Å². The molecule has 3 amide bonds. The summed E-state index contributed by atoms with van der Waals surface area (Å²) in [4.78, 5) is 35.9. The van der Waals surface area contributed by atoms with E-state index in [9.17, 15) is 14.4 Å². The van der Waals surface area contributed by atoms with Gasteiger partial charge in [-0.05, 0) is 66.4 Å². The quantitative estimate of drug-likeness (QED) is 0.252. The van der Waals surface area contributed by atoms with Crippen LogP contribution in [0.2, 0.25) is 0 Å². The molecule has 0 aromatic heterocycles. The molecule has 0 radical (unpaired) electrons. The van der Waals surface area contributed by atoms with Gasteiger partial charge in [0, 0.05) is 12.2 Å². The third-order valence-corrected chi connectivity index (χ3v) is 5.06. The third kappa shape index (κ3) is 8.43. The number of aryl methyl sites for hydroxylation is 2. The van der Waals surface area contributed by atoms with E-state index < -0.39 is 11.8 Å². The summed E-state index contributed by atoms with van der Waals surface area (Å²) < 4.78 is 5.50. The van der Waals surface area contributed by atoms with Crippen LogP contribution in [0.5, 0.6) is 5.75 Å². The van der Waals surface area contributed by atoms with Gasteiger partial charge in [0.25, 0.3) is 5.91 Å². The Kier molecular flexibility index (Phi) is 9.13. The molecule has 180 valence electrons. The average molecular weight is 473 g/mol. The second-order valence-corrected chi connectivity index (χ2v) is 7.82. The largest absolute Gasteiger partial charge is 0.484 e. The van der Waals surface area contributed by atoms with Crippen molar-refractivity contribution in [2.45, 2.75) is 26.8 Å². The Morgan fingerprint density at radius 3 is 2.17 bits per heavy atom. The maximum Gasteiger partial charge on any atom is 0.329 e. The molecule has 8 heteroatoms. The molecule has 0 heterocycles. The zero-order valence-electron chi connectivity index (χ0n) is 19.7. The first kappa shape index (κ1) is 25.2. The Balaban J connectivity index is 1.38. The molecule has 35 heavy (non-hydrogen) atoms. The molecule has 0 aliphatic heterocycles. The van der Waals surface area contributed by atoms with E-state index in [-0.39, 0.29) is 19.1 Å². The number of carbonyl (C=O) groups is 3. The lowest BCUT2D eigenvalue weighted by molar-refractivity contribution is -0.139. The normalized spacial score (nSPS) is 10.6. The van der Waals surface area contributed by atoms with Gasteiger partial charge >= 0.3 is 11.8 Å². The molecule has 3 aromatic rings. The molecule has 0 saturated heterocycles. The Bertz CT molecular complexity index is 1170. The summed E-state index contributed by atoms with van der Waals surface area (Å²) in [6.07, 6.45) is 2.34. The number of hydrogen-bond acceptors (Lipinski definition) is 5. The van der Waals surface area contributed by atoms with Gasteiger partial charge in [-0.25, -0.2) is 5.43 Å². The van der Waals surface area contributed by atoms with E-state index in [1.54, 1.807) is 24.3 Å². The van der Waals surface area contributed by atoms with Crippen LogP contribution >= 0.6 is 0 Å². The summed E-state index contributed by atoms with van der Waals surface area (Å²) in [5.41, 5.74) is 6.80. The molecule has 0 aliphatic rings. The Hall–Kier alpha value is -4.46. The van der Waals surface area contributed by atoms with Crippen molar-refractivity contribution in [3.63, 3.8) is 0 Å². The van der Waals surface area contributed by atoms with Crippen LogP contribution < -0.4 is 20.8 Å². The van der Waals surface area contributed by atoms with E-state index in [0.29, 0.717) is 17.0 Å². The molecule has 0 aliphatic carbocycles. The fourth-order valence-electron chi connectivity index (χ4n) is 3.00. The zero-order valence-corrected chi connectivity index (χ0v) is 19.7. The van der Waals surface area contributed by atoms with E-state index in [1.165, 1.54) is 11.8 Å². The Morgan fingerprint density at radius 2 is 1.51 bits per heavy atom. The first-order valence-electron chi connectivity index (χ1n) is 11.2. The molecule has 8 nitrogen and oxygen atoms in total. The molecule has 3 rings (SSSR count). The number of nitrogens with zero attached hydrogens (tertiary/aromatic N) is 1. The molecule has 0 bridgehead atoms. The van der Waals surface area contributed by atoms with E-state index in [0.717, 1.165) is 17.5 Å². The molecular weight excluding hydrogens is 444 g/mol. The first-order chi connectivity index (χ1) is 16.9. The summed E-state index contributed by atoms with van der Waals surface area (Å²) in [5.74, 6) is -1.38. The highest BCUT2D eigenvalue weighted by Crippen LogP contribution is 2.12. The summed E-state index contributed by atoms with van der Waals surface area (Å²) in [7, 11) is 0. The highest BCUT2D eigenvalue weighted by molar-refractivity contribution is 6.35. The number of carbonyl (C=O) groups excluding carboxylic acids is 3. The topological polar surface area (TPSA) is 109 Å². The van der Waals surface area contributed by atoms with Crippen LogP contribution in [0.15, 0.2) is 77.9 Å². The second-order valence-electron chi connectivity index (χ2n) is 7.82. The van der Waals surface area contributed by atoms with Gasteiger partial charge in [0.05, 0.1) is 6.21 Å². The lowest BCUT2D eigenvalue weighted by atomic mass is 10.1. The number of hydrogen-bond donors (Lipinski definition) is 3. The minimum atomic E-state index is -0.858. The van der Waals surface area contributed by atoms with Gasteiger partial charge < -0.3 is 15.4 Å². The van der Waals surface area contributed by atoms with Crippen molar-refractivity contribution < 1.29 is 19.1 Å². The monoisotopic (exact) mass is 472 g/mol. The fourth-order valence-corrected chi connectivity index (χ4v) is 3.00. The molecule has 0 saturated carbocycles. The number of ether oxygens (including phenoxy) is 1. The van der Waals surface area contributed by atoms with Crippen LogP contribution in [0.4, 0.5) is 5.69 Å². The molecule has 3 N–H and O–H groups in total. The summed E-state index contributed by atoms with van der Waals surface area (Å²) in [5, 5.41) is 9.13. The number of rotatable bonds is 9. The minimum Gasteiger partial charge on any atom is -0.484 e. The number of anilines is 1. The molecular formula is C27H28N4O4. The molecule has 3 aromatic carbocycles. The SMILES string of the molecule is CCc1ccc(NC(=O)COc2ccc(/C=N\NC(=O)C(=O)NCc3ccc(C)cc3)cc2)cc1. The summed E-state index contributed by atoms with van der Waals surface area (Å²) in [6.45, 7) is 4.17. The van der Waals surface area contributed by atoms with Gasteiger partial charge in [-0.2, -0.15) is 5.10 Å². The highest BCUT2D eigenvalue weighted by atomic mass is 16.5. The number of amides is 3. The van der Waals surface area contributed by atoms with Gasteiger partial charge in [0.1, 0.15) is 5.75 Å². The van der Waals surface area contributed by atoms with Gasteiger partial charge in [-0.3, -0.25) is 14.4 Å². The van der Waals surface area contributed by atoms with Crippen molar-refractivity contribution in [3.05, 3.63) is 95.1 Å². The molecule has 0 spiro atoms. The summed E-state index contributed by atoms with van der Waals surface area (Å²) in [6, 6.07) is 22.1. The van der Waals surface area contributed by atoms with E-state index >= 15 is 0 Å². The number of nitrogens with one attached hydrogen (secondary N) is 3. The van der Waals surface area contributed by atoms with Gasteiger partial charge in [-0.15, -0.1) is 0 Å². The van der Waals surface area contributed by atoms with Crippen molar-refractivity contribution in [2.75, 3.05) is 11.9 Å². The minimum absolute atomic E-state index is 0.128. The Labute approximate surface area is 204 Å². The molecule has 0 unspecified atom stereocenters. The van der Waals surface area contributed by atoms with Crippen molar-refractivity contribution in [1.29, 1.82) is 0 Å². The summed E-state index contributed by atoms with van der Waals surface area (Å²) >= 11 is 0. The van der Waals surface area contributed by atoms with Crippen molar-refractivity contribution in [3.8, 4) is 5.75 Å². The van der Waals surface area contributed by atoms with Gasteiger partial charge in [0.15, 0.2) is 6.61 Å². The first-order valence-corrected chi connectivity index (χ1v) is 11.2. The van der Waals surface area contributed by atoms with Crippen LogP contribution in [0.1, 0.15) is 29.2 Å². The predicted octanol–water partition coefficient (Wildman–Crippen LogP) is 3.34. The van der Waals surface area contributed by atoms with E-state index in [2.05, 4.69) is 28.1 Å². The highest BCUT2D eigenvalue weighted by Gasteiger charge is 2.11. The lowest BCUT2D eigenvalue weighted by Gasteiger charge is -2.08. The fraction of sp³-hybridized carbons (Fsp3) is 0.185. The van der Waals surface area contributed by atoms with E-state index in [4.69, 9.17) is 4.74 Å². The van der Waals surface area contributed by atoms with Crippen LogP contribution in [0, 0.1) is 6.92 Å². The number of benzene rings is 3. The second kappa shape index (κ2) is 12.7. The molecule has 0 fully saturated rings. The number of hydrazone groups is 1. The van der Waals surface area contributed by atoms with Gasteiger partial charge in [-0.1, -0.05) is 48.9 Å². The van der Waals surface area contributed by atoms with E-state index in [1.807, 2.05) is 55.5 Å². The Morgan fingerprint density at radius 1 is 0.857 bits per heavy atom. The maximum absolute atomic E-state index is 12.1. The van der Waals surface area contributed by atoms with Gasteiger partial charge in [0.2, 0.25) is 0 Å². The van der Waals surface area contributed by atoms with Crippen LogP contribution in [-0.4, -0.2) is 30.5 Å². The maximum atomic E-state index is 12.1. The predicted molar refractivity (Wildman–Crippen MR) is 135 cm³/mol. The third-order valence-electron chi connectivity index (χ3n) is 5.06. The molecule has 0 atom stereocenters. The van der Waals surface area contributed by atoms with Crippen molar-refractivity contribution >= 4 is 29.6 Å². The zero-order chi connectivity index (χ0) is 25.0. The standard InChI is InChI=1S/C27H28N4O4/c1-3-20-8-12-23(13-9-20)30-25(32)18-35-24-14-10-22(11-15-24)17-29-31-27(34)26(33)28-16-21-6-4-19(2)5-7-21/h4-15,17H,3,16,18H2,1-2H3,(H,28,33)(H,30,32)(H,31,34)/b29-17-. The van der Waals surface area contributed by atoms with Crippen LogP contribution in [0.25, 0.3) is 0 Å².